The lowest BCUT2D eigenvalue weighted by molar-refractivity contribution is -0.126. The van der Waals surface area contributed by atoms with Crippen molar-refractivity contribution in [2.75, 3.05) is 29.9 Å². The van der Waals surface area contributed by atoms with Crippen molar-refractivity contribution >= 4 is 23.2 Å². The summed E-state index contributed by atoms with van der Waals surface area (Å²) in [5.74, 6) is -0.258. The number of piperazine rings is 1. The Morgan fingerprint density at radius 1 is 1.37 bits per heavy atom. The van der Waals surface area contributed by atoms with E-state index in [9.17, 15) is 9.59 Å². The summed E-state index contributed by atoms with van der Waals surface area (Å²) in [6.45, 7) is 0.682. The number of benzene rings is 1. The van der Waals surface area contributed by atoms with Gasteiger partial charge in [-0.1, -0.05) is 0 Å². The summed E-state index contributed by atoms with van der Waals surface area (Å²) in [5.41, 5.74) is 1.77. The second-order valence-electron chi connectivity index (χ2n) is 4.62. The highest BCUT2D eigenvalue weighted by molar-refractivity contribution is 6.14. The molecule has 19 heavy (non-hydrogen) atoms. The van der Waals surface area contributed by atoms with E-state index in [0.717, 1.165) is 0 Å². The molecule has 1 aromatic carbocycles. The molecule has 0 spiro atoms. The van der Waals surface area contributed by atoms with Gasteiger partial charge in [0.15, 0.2) is 0 Å². The number of likely N-dealkylation sites (N-methyl/N-ethyl adjacent to an activating group) is 1. The van der Waals surface area contributed by atoms with Gasteiger partial charge in [-0.3, -0.25) is 14.5 Å². The molecule has 1 saturated heterocycles. The molecule has 2 amide bonds. The molecule has 2 heterocycles. The standard InChI is InChI=1S/C13H12N4O2/c1-16-10-4-8(5-14)2-3-9(10)17-11(13(16)19)6-15-7-12(17)18/h2-4,11,15H,6-7H2,1H3. The molecule has 6 heteroatoms. The molecule has 2 aliphatic rings. The van der Waals surface area contributed by atoms with Gasteiger partial charge >= 0.3 is 0 Å². The Kier molecular flexibility index (Phi) is 2.50. The maximum atomic E-state index is 12.3. The fourth-order valence-corrected chi connectivity index (χ4v) is 2.57. The fourth-order valence-electron chi connectivity index (χ4n) is 2.57. The Morgan fingerprint density at radius 2 is 2.16 bits per heavy atom. The zero-order valence-corrected chi connectivity index (χ0v) is 10.4. The lowest BCUT2D eigenvalue weighted by Gasteiger charge is -2.42. The second-order valence-corrected chi connectivity index (χ2v) is 4.62. The number of rotatable bonds is 0. The van der Waals surface area contributed by atoms with Crippen molar-refractivity contribution in [3.8, 4) is 6.07 Å². The van der Waals surface area contributed by atoms with Gasteiger partial charge in [0, 0.05) is 13.6 Å². The molecular weight excluding hydrogens is 244 g/mol. The van der Waals surface area contributed by atoms with Crippen LogP contribution < -0.4 is 15.1 Å². The van der Waals surface area contributed by atoms with Gasteiger partial charge in [-0.15, -0.1) is 0 Å². The number of nitrogens with one attached hydrogen (secondary N) is 1. The third-order valence-corrected chi connectivity index (χ3v) is 3.54. The van der Waals surface area contributed by atoms with E-state index in [2.05, 4.69) is 5.32 Å². The summed E-state index contributed by atoms with van der Waals surface area (Å²) in [5, 5.41) is 11.9. The molecule has 0 radical (unpaired) electrons. The van der Waals surface area contributed by atoms with Crippen LogP contribution in [0.2, 0.25) is 0 Å². The van der Waals surface area contributed by atoms with Crippen molar-refractivity contribution in [1.82, 2.24) is 5.32 Å². The lowest BCUT2D eigenvalue weighted by atomic mass is 10.0. The van der Waals surface area contributed by atoms with E-state index in [1.165, 1.54) is 9.80 Å². The minimum absolute atomic E-state index is 0.122. The SMILES string of the molecule is CN1C(=O)C2CNCC(=O)N2c2ccc(C#N)cc21. The minimum atomic E-state index is -0.494. The predicted octanol–water partition coefficient (Wildman–Crippen LogP) is -0.161. The largest absolute Gasteiger partial charge is 0.312 e. The van der Waals surface area contributed by atoms with Crippen LogP contribution in [0.25, 0.3) is 0 Å². The van der Waals surface area contributed by atoms with Crippen LogP contribution in [0, 0.1) is 11.3 Å². The molecule has 0 aliphatic carbocycles. The van der Waals surface area contributed by atoms with Gasteiger partial charge in [0.2, 0.25) is 5.91 Å². The number of fused-ring (bicyclic) bond motifs is 3. The van der Waals surface area contributed by atoms with E-state index in [-0.39, 0.29) is 18.4 Å². The van der Waals surface area contributed by atoms with E-state index in [0.29, 0.717) is 23.5 Å². The number of hydrogen-bond acceptors (Lipinski definition) is 4. The third kappa shape index (κ3) is 1.59. The smallest absolute Gasteiger partial charge is 0.251 e. The first-order chi connectivity index (χ1) is 9.13. The van der Waals surface area contributed by atoms with Gasteiger partial charge in [0.1, 0.15) is 6.04 Å². The zero-order chi connectivity index (χ0) is 13.6. The minimum Gasteiger partial charge on any atom is -0.312 e. The predicted molar refractivity (Wildman–Crippen MR) is 68.7 cm³/mol. The topological polar surface area (TPSA) is 76.4 Å². The van der Waals surface area contributed by atoms with Crippen molar-refractivity contribution < 1.29 is 9.59 Å². The Balaban J connectivity index is 2.18. The van der Waals surface area contributed by atoms with Crippen LogP contribution in [0.15, 0.2) is 18.2 Å². The van der Waals surface area contributed by atoms with Gasteiger partial charge in [0.25, 0.3) is 5.91 Å². The number of carbonyl (C=O) groups excluding carboxylic acids is 2. The van der Waals surface area contributed by atoms with Gasteiger partial charge < -0.3 is 10.2 Å². The Morgan fingerprint density at radius 3 is 2.89 bits per heavy atom. The van der Waals surface area contributed by atoms with Crippen LogP contribution in [-0.4, -0.2) is 38.0 Å². The van der Waals surface area contributed by atoms with Crippen LogP contribution in [-0.2, 0) is 9.59 Å². The zero-order valence-electron chi connectivity index (χ0n) is 10.4. The second kappa shape index (κ2) is 4.07. The molecule has 1 atom stereocenters. The summed E-state index contributed by atoms with van der Waals surface area (Å²) in [4.78, 5) is 27.4. The average molecular weight is 256 g/mol. The van der Waals surface area contributed by atoms with E-state index in [1.54, 1.807) is 25.2 Å². The van der Waals surface area contributed by atoms with E-state index in [1.807, 2.05) is 6.07 Å². The maximum absolute atomic E-state index is 12.3. The Bertz CT molecular complexity index is 620. The maximum Gasteiger partial charge on any atom is 0.251 e. The van der Waals surface area contributed by atoms with E-state index >= 15 is 0 Å². The van der Waals surface area contributed by atoms with E-state index in [4.69, 9.17) is 5.26 Å². The van der Waals surface area contributed by atoms with Gasteiger partial charge in [0.05, 0.1) is 29.6 Å². The van der Waals surface area contributed by atoms with Gasteiger partial charge in [-0.05, 0) is 18.2 Å². The fraction of sp³-hybridized carbons (Fsp3) is 0.308. The first-order valence-corrected chi connectivity index (χ1v) is 5.98. The highest BCUT2D eigenvalue weighted by Gasteiger charge is 2.41. The Hall–Kier alpha value is -2.39. The molecule has 0 bridgehead atoms. The average Bonchev–Trinajstić information content (AvgIpc) is 2.44. The van der Waals surface area contributed by atoms with Crippen molar-refractivity contribution in [3.05, 3.63) is 23.8 Å². The summed E-state index contributed by atoms with van der Waals surface area (Å²) in [7, 11) is 1.67. The van der Waals surface area contributed by atoms with E-state index < -0.39 is 6.04 Å². The number of anilines is 2. The summed E-state index contributed by atoms with van der Waals surface area (Å²) < 4.78 is 0. The number of nitrogens with zero attached hydrogens (tertiary/aromatic N) is 3. The molecule has 1 N–H and O–H groups in total. The molecule has 1 unspecified atom stereocenters. The first-order valence-electron chi connectivity index (χ1n) is 5.98. The monoisotopic (exact) mass is 256 g/mol. The molecule has 0 aromatic heterocycles. The van der Waals surface area contributed by atoms with Gasteiger partial charge in [-0.25, -0.2) is 0 Å². The number of carbonyl (C=O) groups is 2. The van der Waals surface area contributed by atoms with Crippen LogP contribution >= 0.6 is 0 Å². The van der Waals surface area contributed by atoms with Crippen LogP contribution in [0.1, 0.15) is 5.56 Å². The molecule has 96 valence electrons. The van der Waals surface area contributed by atoms with Crippen LogP contribution in [0.5, 0.6) is 0 Å². The quantitative estimate of drug-likeness (QED) is 0.699. The molecule has 3 rings (SSSR count). The van der Waals surface area contributed by atoms with Crippen molar-refractivity contribution in [2.24, 2.45) is 0 Å². The van der Waals surface area contributed by atoms with Crippen LogP contribution in [0.3, 0.4) is 0 Å². The summed E-state index contributed by atoms with van der Waals surface area (Å²) in [6, 6.07) is 6.58. The molecule has 1 fully saturated rings. The molecule has 6 nitrogen and oxygen atoms in total. The van der Waals surface area contributed by atoms with Crippen molar-refractivity contribution in [2.45, 2.75) is 6.04 Å². The molecular formula is C13H12N4O2. The molecule has 0 saturated carbocycles. The number of hydrogen-bond donors (Lipinski definition) is 1. The Labute approximate surface area is 110 Å². The molecule has 1 aromatic rings. The lowest BCUT2D eigenvalue weighted by Crippen LogP contribution is -2.63. The number of nitriles is 1. The number of amides is 2. The molecule has 2 aliphatic heterocycles. The highest BCUT2D eigenvalue weighted by Crippen LogP contribution is 2.36. The third-order valence-electron chi connectivity index (χ3n) is 3.54. The highest BCUT2D eigenvalue weighted by atomic mass is 16.2. The summed E-state index contributed by atoms with van der Waals surface area (Å²) in [6.07, 6.45) is 0. The van der Waals surface area contributed by atoms with Gasteiger partial charge in [-0.2, -0.15) is 5.26 Å². The van der Waals surface area contributed by atoms with Crippen LogP contribution in [0.4, 0.5) is 11.4 Å². The normalized spacial score (nSPS) is 21.8. The summed E-state index contributed by atoms with van der Waals surface area (Å²) >= 11 is 0. The van der Waals surface area contributed by atoms with Crippen molar-refractivity contribution in [3.63, 3.8) is 0 Å². The van der Waals surface area contributed by atoms with Crippen molar-refractivity contribution in [1.29, 1.82) is 5.26 Å². The first kappa shape index (κ1) is 11.7.